The fraction of sp³-hybridized carbons (Fsp3) is 0.600. The highest BCUT2D eigenvalue weighted by molar-refractivity contribution is 7.12. The number of aliphatic hydroxyl groups is 1. The van der Waals surface area contributed by atoms with Gasteiger partial charge < -0.3 is 15.7 Å². The van der Waals surface area contributed by atoms with Crippen molar-refractivity contribution in [2.75, 3.05) is 6.54 Å². The Bertz CT molecular complexity index is 461. The lowest BCUT2D eigenvalue weighted by Gasteiger charge is -2.28. The van der Waals surface area contributed by atoms with Crippen LogP contribution >= 0.6 is 11.3 Å². The molecule has 1 aromatic heterocycles. The van der Waals surface area contributed by atoms with Gasteiger partial charge in [0.15, 0.2) is 0 Å². The number of hydrogen-bond donors (Lipinski definition) is 3. The van der Waals surface area contributed by atoms with Crippen LogP contribution in [0.15, 0.2) is 17.5 Å². The SMILES string of the molecule is O=C(CCCNC(=O)c1cccs1)N[C@@H]1CCCC[C@H]1O. The lowest BCUT2D eigenvalue weighted by atomic mass is 9.92. The van der Waals surface area contributed by atoms with Crippen LogP contribution in [0.25, 0.3) is 0 Å². The first-order valence-corrected chi connectivity index (χ1v) is 8.34. The summed E-state index contributed by atoms with van der Waals surface area (Å²) in [7, 11) is 0. The fourth-order valence-corrected chi connectivity index (χ4v) is 3.14. The molecule has 1 aromatic rings. The van der Waals surface area contributed by atoms with Gasteiger partial charge in [-0.25, -0.2) is 0 Å². The zero-order valence-corrected chi connectivity index (χ0v) is 12.8. The highest BCUT2D eigenvalue weighted by Crippen LogP contribution is 2.18. The molecule has 0 unspecified atom stereocenters. The average molecular weight is 310 g/mol. The zero-order chi connectivity index (χ0) is 15.1. The van der Waals surface area contributed by atoms with Gasteiger partial charge in [-0.05, 0) is 30.7 Å². The van der Waals surface area contributed by atoms with E-state index in [1.165, 1.54) is 11.3 Å². The quantitative estimate of drug-likeness (QED) is 0.700. The van der Waals surface area contributed by atoms with Crippen molar-refractivity contribution in [1.29, 1.82) is 0 Å². The maximum atomic E-state index is 11.8. The van der Waals surface area contributed by atoms with Crippen molar-refractivity contribution in [3.63, 3.8) is 0 Å². The first-order chi connectivity index (χ1) is 10.2. The fourth-order valence-electron chi connectivity index (χ4n) is 2.50. The van der Waals surface area contributed by atoms with E-state index in [1.54, 1.807) is 6.07 Å². The van der Waals surface area contributed by atoms with Crippen molar-refractivity contribution >= 4 is 23.2 Å². The number of nitrogens with one attached hydrogen (secondary N) is 2. The van der Waals surface area contributed by atoms with E-state index >= 15 is 0 Å². The minimum absolute atomic E-state index is 0.0497. The molecule has 1 aliphatic rings. The third-order valence-corrected chi connectivity index (χ3v) is 4.56. The third kappa shape index (κ3) is 5.13. The molecular formula is C15H22N2O3S. The summed E-state index contributed by atoms with van der Waals surface area (Å²) in [4.78, 5) is 24.2. The largest absolute Gasteiger partial charge is 0.391 e. The van der Waals surface area contributed by atoms with Crippen molar-refractivity contribution in [2.45, 2.75) is 50.7 Å². The van der Waals surface area contributed by atoms with Crippen LogP contribution in [-0.4, -0.2) is 35.6 Å². The number of rotatable bonds is 6. The van der Waals surface area contributed by atoms with Crippen LogP contribution in [0.3, 0.4) is 0 Å². The summed E-state index contributed by atoms with van der Waals surface area (Å²) in [5.74, 6) is -0.139. The molecule has 0 radical (unpaired) electrons. The van der Waals surface area contributed by atoms with E-state index < -0.39 is 6.10 Å². The van der Waals surface area contributed by atoms with Crippen LogP contribution in [0.5, 0.6) is 0 Å². The minimum atomic E-state index is -0.416. The summed E-state index contributed by atoms with van der Waals surface area (Å²) >= 11 is 1.40. The van der Waals surface area contributed by atoms with Crippen LogP contribution in [0.2, 0.25) is 0 Å². The average Bonchev–Trinajstić information content (AvgIpc) is 3.00. The van der Waals surface area contributed by atoms with Gasteiger partial charge in [0, 0.05) is 13.0 Å². The number of hydrogen-bond acceptors (Lipinski definition) is 4. The molecule has 3 N–H and O–H groups in total. The van der Waals surface area contributed by atoms with Crippen molar-refractivity contribution in [3.05, 3.63) is 22.4 Å². The summed E-state index contributed by atoms with van der Waals surface area (Å²) in [6.45, 7) is 0.484. The van der Waals surface area contributed by atoms with E-state index in [1.807, 2.05) is 11.4 Å². The molecule has 0 aliphatic heterocycles. The zero-order valence-electron chi connectivity index (χ0n) is 12.0. The molecule has 6 heteroatoms. The van der Waals surface area contributed by atoms with Gasteiger partial charge in [-0.1, -0.05) is 18.9 Å². The number of carbonyl (C=O) groups is 2. The molecule has 21 heavy (non-hydrogen) atoms. The Hall–Kier alpha value is -1.40. The Morgan fingerprint density at radius 1 is 1.33 bits per heavy atom. The van der Waals surface area contributed by atoms with Crippen molar-refractivity contribution in [1.82, 2.24) is 10.6 Å². The Morgan fingerprint density at radius 3 is 2.86 bits per heavy atom. The van der Waals surface area contributed by atoms with Gasteiger partial charge in [-0.3, -0.25) is 9.59 Å². The van der Waals surface area contributed by atoms with Gasteiger partial charge >= 0.3 is 0 Å². The maximum absolute atomic E-state index is 11.8. The monoisotopic (exact) mass is 310 g/mol. The van der Waals surface area contributed by atoms with E-state index in [9.17, 15) is 14.7 Å². The predicted octanol–water partition coefficient (Wildman–Crippen LogP) is 1.68. The summed E-state index contributed by atoms with van der Waals surface area (Å²) in [5.41, 5.74) is 0. The Morgan fingerprint density at radius 2 is 2.14 bits per heavy atom. The Balaban J connectivity index is 1.60. The third-order valence-electron chi connectivity index (χ3n) is 3.69. The highest BCUT2D eigenvalue weighted by Gasteiger charge is 2.24. The maximum Gasteiger partial charge on any atom is 0.261 e. The molecule has 0 spiro atoms. The molecule has 1 aliphatic carbocycles. The van der Waals surface area contributed by atoms with E-state index in [0.29, 0.717) is 24.3 Å². The molecule has 0 saturated heterocycles. The highest BCUT2D eigenvalue weighted by atomic mass is 32.1. The van der Waals surface area contributed by atoms with Gasteiger partial charge in [0.25, 0.3) is 5.91 Å². The second-order valence-corrected chi connectivity index (χ2v) is 6.31. The van der Waals surface area contributed by atoms with Gasteiger partial charge in [0.1, 0.15) is 0 Å². The molecule has 1 heterocycles. The smallest absolute Gasteiger partial charge is 0.261 e. The van der Waals surface area contributed by atoms with Crippen LogP contribution in [-0.2, 0) is 4.79 Å². The molecule has 2 amide bonds. The number of carbonyl (C=O) groups excluding carboxylic acids is 2. The van der Waals surface area contributed by atoms with Crippen molar-refractivity contribution in [3.8, 4) is 0 Å². The molecule has 5 nitrogen and oxygen atoms in total. The first-order valence-electron chi connectivity index (χ1n) is 7.46. The first kappa shape index (κ1) is 16.0. The lowest BCUT2D eigenvalue weighted by Crippen LogP contribution is -2.45. The number of aliphatic hydroxyl groups excluding tert-OH is 1. The second kappa shape index (κ2) is 8.14. The number of amides is 2. The van der Waals surface area contributed by atoms with E-state index in [2.05, 4.69) is 10.6 Å². The van der Waals surface area contributed by atoms with E-state index in [4.69, 9.17) is 0 Å². The number of thiophene rings is 1. The molecular weight excluding hydrogens is 288 g/mol. The molecule has 0 bridgehead atoms. The van der Waals surface area contributed by atoms with E-state index in [-0.39, 0.29) is 17.9 Å². The normalized spacial score (nSPS) is 21.8. The molecule has 1 fully saturated rings. The summed E-state index contributed by atoms with van der Waals surface area (Å²) < 4.78 is 0. The molecule has 0 aromatic carbocycles. The van der Waals surface area contributed by atoms with Crippen molar-refractivity contribution in [2.24, 2.45) is 0 Å². The van der Waals surface area contributed by atoms with Gasteiger partial charge in [-0.15, -0.1) is 11.3 Å². The Kier molecular flexibility index (Phi) is 6.20. The molecule has 116 valence electrons. The lowest BCUT2D eigenvalue weighted by molar-refractivity contribution is -0.123. The van der Waals surface area contributed by atoms with Crippen LogP contribution in [0, 0.1) is 0 Å². The van der Waals surface area contributed by atoms with Crippen molar-refractivity contribution < 1.29 is 14.7 Å². The summed E-state index contributed by atoms with van der Waals surface area (Å²) in [6.07, 6.45) is 4.26. The predicted molar refractivity (Wildman–Crippen MR) is 82.3 cm³/mol. The second-order valence-electron chi connectivity index (χ2n) is 5.36. The minimum Gasteiger partial charge on any atom is -0.391 e. The summed E-state index contributed by atoms with van der Waals surface area (Å²) in [6, 6.07) is 3.51. The topological polar surface area (TPSA) is 78.4 Å². The standard InChI is InChI=1S/C15H22N2O3S/c18-12-6-2-1-5-11(12)17-14(19)8-3-9-16-15(20)13-7-4-10-21-13/h4,7,10-12,18H,1-3,5-6,8-9H2,(H,16,20)(H,17,19)/t11-,12-/m1/s1. The summed E-state index contributed by atoms with van der Waals surface area (Å²) in [5, 5.41) is 17.3. The van der Waals surface area contributed by atoms with Gasteiger partial charge in [0.2, 0.25) is 5.91 Å². The molecule has 2 rings (SSSR count). The van der Waals surface area contributed by atoms with Gasteiger partial charge in [0.05, 0.1) is 17.0 Å². The molecule has 2 atom stereocenters. The molecule has 1 saturated carbocycles. The van der Waals surface area contributed by atoms with Gasteiger partial charge in [-0.2, -0.15) is 0 Å². The van der Waals surface area contributed by atoms with Crippen LogP contribution in [0.1, 0.15) is 48.2 Å². The van der Waals surface area contributed by atoms with Crippen LogP contribution < -0.4 is 10.6 Å². The van der Waals surface area contributed by atoms with E-state index in [0.717, 1.165) is 25.7 Å². The van der Waals surface area contributed by atoms with Crippen LogP contribution in [0.4, 0.5) is 0 Å². The Labute approximate surface area is 128 Å².